The van der Waals surface area contributed by atoms with Crippen LogP contribution >= 0.6 is 0 Å². The molecule has 1 rings (SSSR count). The fourth-order valence-electron chi connectivity index (χ4n) is 1.63. The smallest absolute Gasteiger partial charge is 0.118 e. The zero-order chi connectivity index (χ0) is 12.1. The van der Waals surface area contributed by atoms with Gasteiger partial charge in [-0.25, -0.2) is 0 Å². The number of aryl methyl sites for hydroxylation is 1. The molecule has 0 amide bonds. The van der Waals surface area contributed by atoms with E-state index in [1.165, 1.54) is 0 Å². The molecule has 92 valence electrons. The third kappa shape index (κ3) is 3.99. The van der Waals surface area contributed by atoms with Crippen LogP contribution in [0.4, 0.5) is 0 Å². The molecule has 0 bridgehead atoms. The molecular weight excluding hydrogens is 202 g/mol. The minimum absolute atomic E-state index is 0.251. The Hall–Kier alpha value is -0.800. The Balaban J connectivity index is 2.57. The van der Waals surface area contributed by atoms with E-state index in [1.54, 1.807) is 0 Å². The largest absolute Gasteiger partial charge is 0.465 e. The van der Waals surface area contributed by atoms with Gasteiger partial charge in [0.1, 0.15) is 11.5 Å². The van der Waals surface area contributed by atoms with Crippen molar-refractivity contribution < 1.29 is 9.52 Å². The average Bonchev–Trinajstić information content (AvgIpc) is 2.62. The van der Waals surface area contributed by atoms with Crippen LogP contribution < -0.4 is 0 Å². The van der Waals surface area contributed by atoms with Gasteiger partial charge < -0.3 is 9.52 Å². The molecule has 1 atom stereocenters. The molecule has 0 saturated carbocycles. The van der Waals surface area contributed by atoms with Gasteiger partial charge in [0.25, 0.3) is 0 Å². The van der Waals surface area contributed by atoms with Gasteiger partial charge in [-0.15, -0.1) is 0 Å². The van der Waals surface area contributed by atoms with Gasteiger partial charge in [-0.1, -0.05) is 6.92 Å². The molecule has 1 aromatic heterocycles. The lowest BCUT2D eigenvalue weighted by atomic mass is 10.2. The van der Waals surface area contributed by atoms with E-state index in [4.69, 9.17) is 4.42 Å². The number of hydrogen-bond acceptors (Lipinski definition) is 3. The summed E-state index contributed by atoms with van der Waals surface area (Å²) in [6, 6.07) is 4.39. The summed E-state index contributed by atoms with van der Waals surface area (Å²) in [4.78, 5) is 2.23. The van der Waals surface area contributed by atoms with Crippen molar-refractivity contribution in [1.82, 2.24) is 4.90 Å². The lowest BCUT2D eigenvalue weighted by Crippen LogP contribution is -2.36. The van der Waals surface area contributed by atoms with Crippen LogP contribution in [0.1, 0.15) is 38.7 Å². The molecule has 0 aliphatic heterocycles. The molecule has 0 aromatic carbocycles. The predicted octanol–water partition coefficient (Wildman–Crippen LogP) is 2.57. The summed E-state index contributed by atoms with van der Waals surface area (Å²) in [7, 11) is 0. The number of furan rings is 1. The fraction of sp³-hybridized carbons (Fsp3) is 0.692. The van der Waals surface area contributed by atoms with Gasteiger partial charge in [0.2, 0.25) is 0 Å². The first-order valence-electron chi connectivity index (χ1n) is 6.00. The molecular formula is C13H23NO2. The standard InChI is InChI=1S/C13H23NO2/c1-5-12(15)8-14(10(2)3)9-13-7-6-11(4)16-13/h6-7,10,12,15H,5,8-9H2,1-4H3. The topological polar surface area (TPSA) is 36.6 Å². The van der Waals surface area contributed by atoms with E-state index < -0.39 is 0 Å². The number of nitrogens with zero attached hydrogens (tertiary/aromatic N) is 1. The molecule has 0 aliphatic rings. The van der Waals surface area contributed by atoms with Gasteiger partial charge in [-0.05, 0) is 39.3 Å². The van der Waals surface area contributed by atoms with Crippen molar-refractivity contribution in [3.63, 3.8) is 0 Å². The molecule has 0 saturated heterocycles. The fourth-order valence-corrected chi connectivity index (χ4v) is 1.63. The number of aliphatic hydroxyl groups excluding tert-OH is 1. The van der Waals surface area contributed by atoms with Crippen molar-refractivity contribution in [3.8, 4) is 0 Å². The summed E-state index contributed by atoms with van der Waals surface area (Å²) in [5, 5.41) is 9.69. The maximum Gasteiger partial charge on any atom is 0.118 e. The van der Waals surface area contributed by atoms with Crippen LogP contribution in [-0.4, -0.2) is 28.7 Å². The molecule has 1 N–H and O–H groups in total. The first kappa shape index (κ1) is 13.3. The van der Waals surface area contributed by atoms with Crippen LogP contribution in [0.3, 0.4) is 0 Å². The Morgan fingerprint density at radius 1 is 1.38 bits per heavy atom. The van der Waals surface area contributed by atoms with Gasteiger partial charge in [0.15, 0.2) is 0 Å². The summed E-state index contributed by atoms with van der Waals surface area (Å²) in [5.41, 5.74) is 0. The van der Waals surface area contributed by atoms with E-state index in [9.17, 15) is 5.11 Å². The molecule has 0 spiro atoms. The molecule has 0 radical (unpaired) electrons. The second kappa shape index (κ2) is 6.06. The monoisotopic (exact) mass is 225 g/mol. The highest BCUT2D eigenvalue weighted by molar-refractivity contribution is 5.05. The van der Waals surface area contributed by atoms with Crippen molar-refractivity contribution in [2.45, 2.75) is 52.8 Å². The Morgan fingerprint density at radius 2 is 2.06 bits per heavy atom. The van der Waals surface area contributed by atoms with E-state index in [1.807, 2.05) is 26.0 Å². The Morgan fingerprint density at radius 3 is 2.50 bits per heavy atom. The average molecular weight is 225 g/mol. The van der Waals surface area contributed by atoms with Crippen molar-refractivity contribution >= 4 is 0 Å². The highest BCUT2D eigenvalue weighted by Gasteiger charge is 2.15. The van der Waals surface area contributed by atoms with Gasteiger partial charge in [-0.2, -0.15) is 0 Å². The molecule has 1 aromatic rings. The third-order valence-electron chi connectivity index (χ3n) is 2.80. The SMILES string of the molecule is CCC(O)CN(Cc1ccc(C)o1)C(C)C. The quantitative estimate of drug-likeness (QED) is 0.808. The Bertz CT molecular complexity index is 307. The minimum Gasteiger partial charge on any atom is -0.465 e. The van der Waals surface area contributed by atoms with Crippen LogP contribution in [0.25, 0.3) is 0 Å². The molecule has 16 heavy (non-hydrogen) atoms. The van der Waals surface area contributed by atoms with Gasteiger partial charge in [0, 0.05) is 12.6 Å². The van der Waals surface area contributed by atoms with E-state index in [2.05, 4.69) is 18.7 Å². The van der Waals surface area contributed by atoms with Crippen molar-refractivity contribution in [2.24, 2.45) is 0 Å². The van der Waals surface area contributed by atoms with Crippen molar-refractivity contribution in [3.05, 3.63) is 23.7 Å². The zero-order valence-electron chi connectivity index (χ0n) is 10.7. The van der Waals surface area contributed by atoms with Gasteiger partial charge in [-0.3, -0.25) is 4.90 Å². The third-order valence-corrected chi connectivity index (χ3v) is 2.80. The molecule has 0 aliphatic carbocycles. The maximum atomic E-state index is 9.69. The van der Waals surface area contributed by atoms with Crippen LogP contribution in [-0.2, 0) is 6.54 Å². The highest BCUT2D eigenvalue weighted by atomic mass is 16.3. The Labute approximate surface area is 98.1 Å². The van der Waals surface area contributed by atoms with Crippen LogP contribution in [0.5, 0.6) is 0 Å². The predicted molar refractivity (Wildman–Crippen MR) is 65.3 cm³/mol. The van der Waals surface area contributed by atoms with Gasteiger partial charge in [0.05, 0.1) is 12.6 Å². The summed E-state index contributed by atoms with van der Waals surface area (Å²) < 4.78 is 5.56. The first-order chi connectivity index (χ1) is 7.52. The molecule has 0 fully saturated rings. The van der Waals surface area contributed by atoms with Crippen LogP contribution in [0, 0.1) is 6.92 Å². The first-order valence-corrected chi connectivity index (χ1v) is 6.00. The summed E-state index contributed by atoms with van der Waals surface area (Å²) in [6.07, 6.45) is 0.541. The summed E-state index contributed by atoms with van der Waals surface area (Å²) in [5.74, 6) is 1.91. The summed E-state index contributed by atoms with van der Waals surface area (Å²) in [6.45, 7) is 9.69. The van der Waals surface area contributed by atoms with E-state index in [0.717, 1.165) is 24.5 Å². The number of hydrogen-bond donors (Lipinski definition) is 1. The minimum atomic E-state index is -0.251. The van der Waals surface area contributed by atoms with Crippen LogP contribution in [0.2, 0.25) is 0 Å². The van der Waals surface area contributed by atoms with E-state index in [0.29, 0.717) is 12.6 Å². The lowest BCUT2D eigenvalue weighted by molar-refractivity contribution is 0.0836. The molecule has 3 heteroatoms. The highest BCUT2D eigenvalue weighted by Crippen LogP contribution is 2.12. The number of rotatable bonds is 6. The number of aliphatic hydroxyl groups is 1. The second-order valence-electron chi connectivity index (χ2n) is 4.60. The summed E-state index contributed by atoms with van der Waals surface area (Å²) >= 11 is 0. The van der Waals surface area contributed by atoms with E-state index in [-0.39, 0.29) is 6.10 Å². The van der Waals surface area contributed by atoms with Gasteiger partial charge >= 0.3 is 0 Å². The maximum absolute atomic E-state index is 9.69. The second-order valence-corrected chi connectivity index (χ2v) is 4.60. The zero-order valence-corrected chi connectivity index (χ0v) is 10.7. The van der Waals surface area contributed by atoms with Crippen molar-refractivity contribution in [1.29, 1.82) is 0 Å². The molecule has 1 heterocycles. The normalized spacial score (nSPS) is 13.7. The molecule has 3 nitrogen and oxygen atoms in total. The van der Waals surface area contributed by atoms with Crippen molar-refractivity contribution in [2.75, 3.05) is 6.54 Å². The Kier molecular flexibility index (Phi) is 5.03. The van der Waals surface area contributed by atoms with Crippen LogP contribution in [0.15, 0.2) is 16.5 Å². The van der Waals surface area contributed by atoms with E-state index >= 15 is 0 Å². The molecule has 1 unspecified atom stereocenters. The lowest BCUT2D eigenvalue weighted by Gasteiger charge is -2.27.